The highest BCUT2D eigenvalue weighted by molar-refractivity contribution is 9.10. The van der Waals surface area contributed by atoms with Gasteiger partial charge in [-0.3, -0.25) is 9.20 Å². The number of hydrogen-bond acceptors (Lipinski definition) is 2. The molecule has 0 aliphatic heterocycles. The molecule has 0 spiro atoms. The lowest BCUT2D eigenvalue weighted by Crippen LogP contribution is -2.23. The highest BCUT2D eigenvalue weighted by Crippen LogP contribution is 2.33. The summed E-state index contributed by atoms with van der Waals surface area (Å²) in [6.07, 6.45) is -8.98. The first-order valence-corrected chi connectivity index (χ1v) is 5.67. The Kier molecular flexibility index (Phi) is 3.31. The average Bonchev–Trinajstić information content (AvgIpc) is 2.30. The zero-order valence-corrected chi connectivity index (χ0v) is 10.8. The van der Waals surface area contributed by atoms with E-state index in [4.69, 9.17) is 0 Å². The predicted molar refractivity (Wildman–Crippen MR) is 59.2 cm³/mol. The van der Waals surface area contributed by atoms with Gasteiger partial charge in [0.1, 0.15) is 10.1 Å². The van der Waals surface area contributed by atoms with Crippen molar-refractivity contribution in [2.24, 2.45) is 0 Å². The molecule has 0 amide bonds. The van der Waals surface area contributed by atoms with Gasteiger partial charge in [-0.1, -0.05) is 0 Å². The number of pyridine rings is 1. The summed E-state index contributed by atoms with van der Waals surface area (Å²) in [6, 6.07) is 0.957. The van der Waals surface area contributed by atoms with Crippen molar-refractivity contribution >= 4 is 21.6 Å². The van der Waals surface area contributed by atoms with E-state index in [9.17, 15) is 31.1 Å². The fourth-order valence-electron chi connectivity index (χ4n) is 1.48. The Balaban J connectivity index is 2.83. The summed E-state index contributed by atoms with van der Waals surface area (Å²) in [5, 5.41) is 0. The Labute approximate surface area is 115 Å². The molecule has 0 aliphatic carbocycles. The van der Waals surface area contributed by atoms with Crippen molar-refractivity contribution in [2.45, 2.75) is 12.4 Å². The number of aromatic nitrogens is 2. The quantitative estimate of drug-likeness (QED) is 0.674. The minimum atomic E-state index is -4.96. The molecule has 2 aromatic heterocycles. The highest BCUT2D eigenvalue weighted by Gasteiger charge is 2.37. The van der Waals surface area contributed by atoms with E-state index in [0.29, 0.717) is 16.5 Å². The van der Waals surface area contributed by atoms with Gasteiger partial charge in [0.2, 0.25) is 0 Å². The molecule has 3 nitrogen and oxygen atoms in total. The zero-order chi connectivity index (χ0) is 15.3. The van der Waals surface area contributed by atoms with Crippen molar-refractivity contribution in [3.8, 4) is 0 Å². The van der Waals surface area contributed by atoms with Crippen LogP contribution in [0.4, 0.5) is 26.3 Å². The Morgan fingerprint density at radius 2 is 1.70 bits per heavy atom. The van der Waals surface area contributed by atoms with Crippen molar-refractivity contribution in [1.29, 1.82) is 0 Å². The van der Waals surface area contributed by atoms with Crippen LogP contribution in [0.15, 0.2) is 27.6 Å². The van der Waals surface area contributed by atoms with E-state index in [-0.39, 0.29) is 0 Å². The Bertz CT molecular complexity index is 733. The molecule has 2 aromatic rings. The summed E-state index contributed by atoms with van der Waals surface area (Å²) >= 11 is 2.46. The molecule has 20 heavy (non-hydrogen) atoms. The van der Waals surface area contributed by atoms with E-state index in [0.717, 1.165) is 6.20 Å². The third kappa shape index (κ3) is 2.51. The fourth-order valence-corrected chi connectivity index (χ4v) is 1.99. The van der Waals surface area contributed by atoms with Gasteiger partial charge in [-0.25, -0.2) is 4.98 Å². The summed E-state index contributed by atoms with van der Waals surface area (Å²) in [5.74, 6) is 0. The van der Waals surface area contributed by atoms with Crippen molar-refractivity contribution in [2.75, 3.05) is 0 Å². The van der Waals surface area contributed by atoms with Crippen LogP contribution in [0.3, 0.4) is 0 Å². The Morgan fingerprint density at radius 3 is 2.20 bits per heavy atom. The van der Waals surface area contributed by atoms with Gasteiger partial charge in [0.05, 0.1) is 5.56 Å². The van der Waals surface area contributed by atoms with E-state index in [1.54, 1.807) is 0 Å². The number of nitrogens with zero attached hydrogens (tertiary/aromatic N) is 2. The molecule has 108 valence electrons. The highest BCUT2D eigenvalue weighted by atomic mass is 79.9. The van der Waals surface area contributed by atoms with E-state index < -0.39 is 39.3 Å². The molecular formula is C10H3BrF6N2O. The molecular weight excluding hydrogens is 358 g/mol. The average molecular weight is 361 g/mol. The van der Waals surface area contributed by atoms with E-state index >= 15 is 0 Å². The molecule has 2 heterocycles. The van der Waals surface area contributed by atoms with Gasteiger partial charge in [0.25, 0.3) is 5.56 Å². The molecule has 0 aromatic carbocycles. The van der Waals surface area contributed by atoms with Crippen molar-refractivity contribution in [3.05, 3.63) is 44.4 Å². The third-order valence-electron chi connectivity index (χ3n) is 2.37. The lowest BCUT2D eigenvalue weighted by Gasteiger charge is -2.11. The van der Waals surface area contributed by atoms with E-state index in [1.807, 2.05) is 0 Å². The number of alkyl halides is 6. The second-order valence-corrected chi connectivity index (χ2v) is 4.51. The van der Waals surface area contributed by atoms with Gasteiger partial charge in [-0.2, -0.15) is 26.3 Å². The molecule has 10 heteroatoms. The summed E-state index contributed by atoms with van der Waals surface area (Å²) in [4.78, 5) is 14.7. The first kappa shape index (κ1) is 14.8. The van der Waals surface area contributed by atoms with Crippen LogP contribution >= 0.6 is 15.9 Å². The van der Waals surface area contributed by atoms with Crippen LogP contribution in [0.1, 0.15) is 11.3 Å². The van der Waals surface area contributed by atoms with Gasteiger partial charge in [0.15, 0.2) is 5.69 Å². The Morgan fingerprint density at radius 1 is 1.10 bits per heavy atom. The summed E-state index contributed by atoms with van der Waals surface area (Å²) in [5.41, 5.74) is -4.64. The maximum absolute atomic E-state index is 12.6. The SMILES string of the molecule is O=c1c(Br)c(C(F)(F)F)nc2cc(C(F)(F)F)ccn12. The van der Waals surface area contributed by atoms with Crippen LogP contribution in [-0.2, 0) is 12.4 Å². The monoisotopic (exact) mass is 360 g/mol. The van der Waals surface area contributed by atoms with Gasteiger partial charge >= 0.3 is 12.4 Å². The van der Waals surface area contributed by atoms with Gasteiger partial charge in [-0.05, 0) is 28.1 Å². The minimum Gasteiger partial charge on any atom is -0.268 e. The Hall–Kier alpha value is -1.58. The van der Waals surface area contributed by atoms with Crippen LogP contribution < -0.4 is 5.56 Å². The van der Waals surface area contributed by atoms with Gasteiger partial charge < -0.3 is 0 Å². The molecule has 0 saturated heterocycles. The topological polar surface area (TPSA) is 34.4 Å². The number of fused-ring (bicyclic) bond motifs is 1. The molecule has 0 N–H and O–H groups in total. The summed E-state index contributed by atoms with van der Waals surface area (Å²) in [7, 11) is 0. The van der Waals surface area contributed by atoms with Gasteiger partial charge in [-0.15, -0.1) is 0 Å². The van der Waals surface area contributed by atoms with E-state index in [2.05, 4.69) is 20.9 Å². The molecule has 0 radical (unpaired) electrons. The maximum Gasteiger partial charge on any atom is 0.434 e. The van der Waals surface area contributed by atoms with Crippen LogP contribution in [0, 0.1) is 0 Å². The lowest BCUT2D eigenvalue weighted by molar-refractivity contribution is -0.141. The fraction of sp³-hybridized carbons (Fsp3) is 0.200. The number of hydrogen-bond donors (Lipinski definition) is 0. The molecule has 0 saturated carbocycles. The van der Waals surface area contributed by atoms with Crippen molar-refractivity contribution in [3.63, 3.8) is 0 Å². The smallest absolute Gasteiger partial charge is 0.268 e. The molecule has 0 aliphatic rings. The molecule has 0 fully saturated rings. The predicted octanol–water partition coefficient (Wildman–Crippen LogP) is 3.49. The number of rotatable bonds is 0. The molecule has 0 atom stereocenters. The molecule has 0 bridgehead atoms. The molecule has 0 unspecified atom stereocenters. The van der Waals surface area contributed by atoms with Crippen molar-refractivity contribution < 1.29 is 26.3 Å². The van der Waals surface area contributed by atoms with Crippen LogP contribution in [0.5, 0.6) is 0 Å². The molecule has 2 rings (SSSR count). The second kappa shape index (κ2) is 4.47. The largest absolute Gasteiger partial charge is 0.434 e. The summed E-state index contributed by atoms with van der Waals surface area (Å²) in [6.45, 7) is 0. The van der Waals surface area contributed by atoms with Crippen LogP contribution in [0.25, 0.3) is 5.65 Å². The standard InChI is InChI=1S/C10H3BrF6N2O/c11-6-7(10(15,16)17)18-5-3-4(9(12,13)14)1-2-19(5)8(6)20/h1-3H. The van der Waals surface area contributed by atoms with Crippen LogP contribution in [0.2, 0.25) is 0 Å². The zero-order valence-electron chi connectivity index (χ0n) is 9.18. The third-order valence-corrected chi connectivity index (χ3v) is 3.09. The van der Waals surface area contributed by atoms with Gasteiger partial charge in [0, 0.05) is 6.20 Å². The normalized spacial score (nSPS) is 12.9. The number of halogens is 7. The minimum absolute atomic E-state index is 0.378. The second-order valence-electron chi connectivity index (χ2n) is 3.72. The maximum atomic E-state index is 12.6. The first-order chi connectivity index (χ1) is 9.01. The first-order valence-electron chi connectivity index (χ1n) is 4.88. The van der Waals surface area contributed by atoms with Crippen molar-refractivity contribution in [1.82, 2.24) is 9.38 Å². The lowest BCUT2D eigenvalue weighted by atomic mass is 10.2. The summed E-state index contributed by atoms with van der Waals surface area (Å²) < 4.78 is 75.1. The van der Waals surface area contributed by atoms with E-state index in [1.165, 1.54) is 0 Å². The van der Waals surface area contributed by atoms with Crippen LogP contribution in [-0.4, -0.2) is 9.38 Å².